The van der Waals surface area contributed by atoms with Crippen molar-refractivity contribution in [3.8, 4) is 11.3 Å². The zero-order valence-electron chi connectivity index (χ0n) is 14.1. The van der Waals surface area contributed by atoms with Gasteiger partial charge in [0, 0.05) is 21.7 Å². The van der Waals surface area contributed by atoms with Gasteiger partial charge >= 0.3 is 0 Å². The fourth-order valence-corrected chi connectivity index (χ4v) is 3.88. The molecule has 0 saturated heterocycles. The molecule has 0 aliphatic carbocycles. The van der Waals surface area contributed by atoms with Crippen LogP contribution in [-0.2, 0) is 10.1 Å². The van der Waals surface area contributed by atoms with E-state index in [2.05, 4.69) is 10.3 Å². The van der Waals surface area contributed by atoms with Crippen LogP contribution in [0.1, 0.15) is 20.2 Å². The molecule has 26 heavy (non-hydrogen) atoms. The lowest BCUT2D eigenvalue weighted by atomic mass is 10.1. The summed E-state index contributed by atoms with van der Waals surface area (Å²) in [5.41, 5.74) is 2.58. The molecule has 1 aromatic heterocycles. The van der Waals surface area contributed by atoms with Gasteiger partial charge in [0.25, 0.3) is 16.0 Å². The highest BCUT2D eigenvalue weighted by atomic mass is 32.2. The largest absolute Gasteiger partial charge is 0.322 e. The number of aromatic nitrogens is 1. The van der Waals surface area contributed by atoms with E-state index in [1.165, 1.54) is 18.2 Å². The van der Waals surface area contributed by atoms with E-state index in [-0.39, 0.29) is 10.5 Å². The summed E-state index contributed by atoms with van der Waals surface area (Å²) in [6.07, 6.45) is 0. The summed E-state index contributed by atoms with van der Waals surface area (Å²) >= 11 is 1.63. The van der Waals surface area contributed by atoms with E-state index in [9.17, 15) is 13.2 Å². The van der Waals surface area contributed by atoms with Crippen molar-refractivity contribution in [2.75, 3.05) is 5.32 Å². The molecule has 3 aromatic rings. The molecule has 1 amide bonds. The van der Waals surface area contributed by atoms with Gasteiger partial charge in [-0.1, -0.05) is 18.2 Å². The van der Waals surface area contributed by atoms with Crippen LogP contribution in [0, 0.1) is 13.8 Å². The van der Waals surface area contributed by atoms with Gasteiger partial charge in [-0.3, -0.25) is 9.35 Å². The number of hydrogen-bond acceptors (Lipinski definition) is 5. The van der Waals surface area contributed by atoms with E-state index in [0.717, 1.165) is 27.2 Å². The number of thiazole rings is 1. The molecule has 6 nitrogen and oxygen atoms in total. The lowest BCUT2D eigenvalue weighted by Gasteiger charge is -2.07. The summed E-state index contributed by atoms with van der Waals surface area (Å²) in [7, 11) is -4.36. The van der Waals surface area contributed by atoms with Crippen molar-refractivity contribution in [1.82, 2.24) is 4.98 Å². The highest BCUT2D eigenvalue weighted by molar-refractivity contribution is 7.85. The van der Waals surface area contributed by atoms with Crippen molar-refractivity contribution in [2.45, 2.75) is 18.7 Å². The molecule has 0 aliphatic rings. The van der Waals surface area contributed by atoms with Crippen molar-refractivity contribution in [2.24, 2.45) is 0 Å². The lowest BCUT2D eigenvalue weighted by molar-refractivity contribution is 0.102. The predicted molar refractivity (Wildman–Crippen MR) is 101 cm³/mol. The molecule has 1 heterocycles. The molecular weight excluding hydrogens is 372 g/mol. The molecule has 0 atom stereocenters. The molecule has 0 unspecified atom stereocenters. The molecule has 2 N–H and O–H groups in total. The number of rotatable bonds is 4. The van der Waals surface area contributed by atoms with Crippen LogP contribution >= 0.6 is 11.3 Å². The summed E-state index contributed by atoms with van der Waals surface area (Å²) in [6, 6.07) is 12.5. The molecule has 0 fully saturated rings. The fraction of sp³-hybridized carbons (Fsp3) is 0.111. The van der Waals surface area contributed by atoms with Gasteiger partial charge < -0.3 is 5.32 Å². The number of carbonyl (C=O) groups is 1. The number of amides is 1. The first-order valence-electron chi connectivity index (χ1n) is 7.67. The second-order valence-corrected chi connectivity index (χ2v) is 8.50. The number of hydrogen-bond donors (Lipinski definition) is 2. The molecule has 0 radical (unpaired) electrons. The van der Waals surface area contributed by atoms with E-state index >= 15 is 0 Å². The molecule has 0 aliphatic heterocycles. The highest BCUT2D eigenvalue weighted by Gasteiger charge is 2.14. The molecule has 0 bridgehead atoms. The quantitative estimate of drug-likeness (QED) is 0.660. The standard InChI is InChI=1S/C18H16N2O4S2/c1-11-17(19-12(2)25-11)13-6-8-15(9-7-13)20-18(21)14-4-3-5-16(10-14)26(22,23)24/h3-10H,1-2H3,(H,20,21)(H,22,23,24). The fourth-order valence-electron chi connectivity index (χ4n) is 2.51. The Bertz CT molecular complexity index is 1070. The molecule has 0 saturated carbocycles. The third-order valence-electron chi connectivity index (χ3n) is 3.71. The van der Waals surface area contributed by atoms with Gasteiger partial charge in [-0.25, -0.2) is 4.98 Å². The van der Waals surface area contributed by atoms with Crippen LogP contribution in [0.5, 0.6) is 0 Å². The minimum absolute atomic E-state index is 0.134. The van der Waals surface area contributed by atoms with E-state index in [1.807, 2.05) is 26.0 Å². The van der Waals surface area contributed by atoms with Gasteiger partial charge in [0.05, 0.1) is 15.6 Å². The number of aryl methyl sites for hydroxylation is 2. The summed E-state index contributed by atoms with van der Waals surface area (Å²) in [6.45, 7) is 3.97. The van der Waals surface area contributed by atoms with Gasteiger partial charge in [0.1, 0.15) is 0 Å². The third-order valence-corrected chi connectivity index (χ3v) is 5.45. The zero-order chi connectivity index (χ0) is 18.9. The van der Waals surface area contributed by atoms with Gasteiger partial charge in [-0.15, -0.1) is 11.3 Å². The Morgan fingerprint density at radius 3 is 2.38 bits per heavy atom. The third kappa shape index (κ3) is 3.98. The van der Waals surface area contributed by atoms with Crippen LogP contribution in [0.3, 0.4) is 0 Å². The van der Waals surface area contributed by atoms with Crippen LogP contribution in [0.15, 0.2) is 53.4 Å². The summed E-state index contributed by atoms with van der Waals surface area (Å²) in [5, 5.41) is 3.70. The van der Waals surface area contributed by atoms with Crippen molar-refractivity contribution in [3.05, 3.63) is 64.0 Å². The molecule has 3 rings (SSSR count). The van der Waals surface area contributed by atoms with Gasteiger partial charge in [-0.2, -0.15) is 8.42 Å². The number of nitrogens with zero attached hydrogens (tertiary/aromatic N) is 1. The first kappa shape index (κ1) is 18.2. The minimum atomic E-state index is -4.36. The summed E-state index contributed by atoms with van der Waals surface area (Å²) in [4.78, 5) is 17.6. The van der Waals surface area contributed by atoms with Crippen LogP contribution in [0.25, 0.3) is 11.3 Å². The topological polar surface area (TPSA) is 96.4 Å². The second kappa shape index (κ2) is 6.99. The van der Waals surface area contributed by atoms with E-state index < -0.39 is 16.0 Å². The van der Waals surface area contributed by atoms with Gasteiger partial charge in [0.2, 0.25) is 0 Å². The molecule has 0 spiro atoms. The average molecular weight is 388 g/mol. The average Bonchev–Trinajstić information content (AvgIpc) is 2.93. The van der Waals surface area contributed by atoms with Crippen molar-refractivity contribution in [1.29, 1.82) is 0 Å². The Kier molecular flexibility index (Phi) is 4.90. The maximum Gasteiger partial charge on any atom is 0.294 e. The number of benzene rings is 2. The van der Waals surface area contributed by atoms with Gasteiger partial charge in [0.15, 0.2) is 0 Å². The number of anilines is 1. The maximum absolute atomic E-state index is 12.3. The van der Waals surface area contributed by atoms with Crippen molar-refractivity contribution >= 4 is 33.0 Å². The zero-order valence-corrected chi connectivity index (χ0v) is 15.7. The maximum atomic E-state index is 12.3. The Hall–Kier alpha value is -2.55. The lowest BCUT2D eigenvalue weighted by Crippen LogP contribution is -2.12. The Morgan fingerprint density at radius 1 is 1.12 bits per heavy atom. The normalized spacial score (nSPS) is 11.3. The molecule has 2 aromatic carbocycles. The van der Waals surface area contributed by atoms with Crippen LogP contribution in [-0.4, -0.2) is 23.9 Å². The summed E-state index contributed by atoms with van der Waals surface area (Å²) in [5.74, 6) is -0.469. The van der Waals surface area contributed by atoms with E-state index in [0.29, 0.717) is 5.69 Å². The Balaban J connectivity index is 1.79. The second-order valence-electron chi connectivity index (χ2n) is 5.67. The SMILES string of the molecule is Cc1nc(-c2ccc(NC(=O)c3cccc(S(=O)(=O)O)c3)cc2)c(C)s1. The number of carbonyl (C=O) groups excluding carboxylic acids is 1. The Labute approximate surface area is 155 Å². The monoisotopic (exact) mass is 388 g/mol. The summed E-state index contributed by atoms with van der Waals surface area (Å²) < 4.78 is 31.5. The predicted octanol–water partition coefficient (Wildman–Crippen LogP) is 3.93. The minimum Gasteiger partial charge on any atom is -0.322 e. The van der Waals surface area contributed by atoms with Crippen molar-refractivity contribution < 1.29 is 17.8 Å². The van der Waals surface area contributed by atoms with E-state index in [1.54, 1.807) is 23.5 Å². The number of nitrogens with one attached hydrogen (secondary N) is 1. The molecule has 134 valence electrons. The smallest absolute Gasteiger partial charge is 0.294 e. The van der Waals surface area contributed by atoms with Gasteiger partial charge in [-0.05, 0) is 44.2 Å². The van der Waals surface area contributed by atoms with Crippen LogP contribution in [0.4, 0.5) is 5.69 Å². The van der Waals surface area contributed by atoms with E-state index in [4.69, 9.17) is 4.55 Å². The van der Waals surface area contributed by atoms with Crippen LogP contribution < -0.4 is 5.32 Å². The molecular formula is C18H16N2O4S2. The first-order valence-corrected chi connectivity index (χ1v) is 9.93. The van der Waals surface area contributed by atoms with Crippen LogP contribution in [0.2, 0.25) is 0 Å². The Morgan fingerprint density at radius 2 is 1.81 bits per heavy atom. The van der Waals surface area contributed by atoms with Crippen molar-refractivity contribution in [3.63, 3.8) is 0 Å². The molecule has 8 heteroatoms. The highest BCUT2D eigenvalue weighted by Crippen LogP contribution is 2.28. The first-order chi connectivity index (χ1) is 12.2.